The number of likely N-dealkylation sites (tertiary alicyclic amines) is 1. The number of carbonyl (C=O) groups excluding carboxylic acids is 1. The second-order valence-corrected chi connectivity index (χ2v) is 14.2. The fourth-order valence-electron chi connectivity index (χ4n) is 6.85. The second-order valence-electron chi connectivity index (χ2n) is 14.2. The quantitative estimate of drug-likeness (QED) is 0.115. The third-order valence-corrected chi connectivity index (χ3v) is 10.2. The molecule has 1 aliphatic rings. The molecule has 1 aromatic heterocycles. The van der Waals surface area contributed by atoms with Gasteiger partial charge in [0.25, 0.3) is 0 Å². The van der Waals surface area contributed by atoms with Gasteiger partial charge in [0.15, 0.2) is 29.3 Å². The van der Waals surface area contributed by atoms with E-state index in [0.29, 0.717) is 28.7 Å². The van der Waals surface area contributed by atoms with Gasteiger partial charge in [-0.1, -0.05) is 60.7 Å². The number of nitrogens with zero attached hydrogens (tertiary/aromatic N) is 3. The van der Waals surface area contributed by atoms with Crippen molar-refractivity contribution in [3.8, 4) is 11.1 Å². The topological polar surface area (TPSA) is 161 Å². The minimum absolute atomic E-state index is 0.0335. The van der Waals surface area contributed by atoms with Gasteiger partial charge in [-0.2, -0.15) is 13.2 Å². The van der Waals surface area contributed by atoms with Crippen molar-refractivity contribution in [1.29, 1.82) is 0 Å². The minimum Gasteiger partial charge on any atom is -0.479 e. The summed E-state index contributed by atoms with van der Waals surface area (Å²) in [4.78, 5) is 51.1. The highest BCUT2D eigenvalue weighted by Gasteiger charge is 2.31. The first-order chi connectivity index (χ1) is 27.9. The number of hydrogen-bond donors (Lipinski definition) is 4. The van der Waals surface area contributed by atoms with Crippen LogP contribution in [-0.2, 0) is 46.5 Å². The van der Waals surface area contributed by atoms with E-state index >= 15 is 0 Å². The van der Waals surface area contributed by atoms with Crippen LogP contribution in [0.5, 0.6) is 0 Å². The van der Waals surface area contributed by atoms with E-state index in [0.717, 1.165) is 55.3 Å². The lowest BCUT2D eigenvalue weighted by molar-refractivity contribution is -0.165. The molecule has 1 saturated heterocycles. The van der Waals surface area contributed by atoms with Crippen molar-refractivity contribution in [3.63, 3.8) is 0 Å². The molecule has 2 heterocycles. The molecule has 0 aliphatic carbocycles. The molecule has 6 rings (SSSR count). The minimum atomic E-state index is -4.41. The van der Waals surface area contributed by atoms with Crippen molar-refractivity contribution in [3.05, 3.63) is 141 Å². The number of pyridine rings is 1. The molecule has 0 radical (unpaired) electrons. The number of benzene rings is 4. The van der Waals surface area contributed by atoms with Crippen LogP contribution >= 0.6 is 0 Å². The molecule has 4 N–H and O–H groups in total. The summed E-state index contributed by atoms with van der Waals surface area (Å²) in [5.74, 6) is -5.55. The van der Waals surface area contributed by atoms with Crippen molar-refractivity contribution in [2.75, 3.05) is 20.1 Å². The number of halogens is 5. The Morgan fingerprint density at radius 2 is 1.37 bits per heavy atom. The second kappa shape index (κ2) is 19.2. The summed E-state index contributed by atoms with van der Waals surface area (Å²) in [6, 6.07) is 25.0. The number of piperidine rings is 1. The van der Waals surface area contributed by atoms with Crippen molar-refractivity contribution in [2.24, 2.45) is 0 Å². The van der Waals surface area contributed by atoms with E-state index in [2.05, 4.69) is 4.90 Å². The van der Waals surface area contributed by atoms with Crippen LogP contribution in [0.15, 0.2) is 102 Å². The van der Waals surface area contributed by atoms with Gasteiger partial charge in [0, 0.05) is 29.7 Å². The van der Waals surface area contributed by atoms with Crippen molar-refractivity contribution >= 4 is 28.7 Å². The number of aliphatic hydroxyl groups excluding tert-OH is 2. The van der Waals surface area contributed by atoms with E-state index < -0.39 is 47.5 Å². The number of aliphatic carboxylic acids is 2. The fourth-order valence-corrected chi connectivity index (χ4v) is 6.85. The van der Waals surface area contributed by atoms with Crippen LogP contribution in [0.3, 0.4) is 0 Å². The monoisotopic (exact) mass is 823 g/mol. The Morgan fingerprint density at radius 3 is 1.95 bits per heavy atom. The third-order valence-electron chi connectivity index (χ3n) is 10.2. The standard InChI is InChI=1S/C39H36F5N3O2.C4H6O6/c1-45-21-19-31(20-22-45)47(24-26-9-11-27(12-10-26)28-13-16-30(17-14-28)39(42,43)44)37(49)25-46-32(18-15-29-5-4-7-34(40)38(29)41)23-36(48)33-6-2-3-8-35(33)46;5-1(3(7)8)2(6)4(9)10/h2-14,16-17,23,31H,15,18-22,24-25H2,1H3;1-2,5-6H,(H,7,8)(H,9,10). The molecular weight excluding hydrogens is 781 g/mol. The summed E-state index contributed by atoms with van der Waals surface area (Å²) in [5, 5.41) is 33.0. The van der Waals surface area contributed by atoms with E-state index in [9.17, 15) is 41.1 Å². The maximum Gasteiger partial charge on any atom is 0.416 e. The van der Waals surface area contributed by atoms with Crippen LogP contribution in [0.2, 0.25) is 0 Å². The number of aryl methyl sites for hydroxylation is 2. The van der Waals surface area contributed by atoms with Gasteiger partial charge >= 0.3 is 18.1 Å². The molecule has 0 bridgehead atoms. The Balaban J connectivity index is 0.000000586. The number of carboxylic acids is 2. The lowest BCUT2D eigenvalue weighted by Gasteiger charge is -2.38. The predicted octanol–water partition coefficient (Wildman–Crippen LogP) is 5.75. The highest BCUT2D eigenvalue weighted by Crippen LogP contribution is 2.31. The zero-order valence-electron chi connectivity index (χ0n) is 31.8. The van der Waals surface area contributed by atoms with E-state index in [4.69, 9.17) is 20.4 Å². The maximum absolute atomic E-state index is 14.5. The van der Waals surface area contributed by atoms with Gasteiger partial charge in [0.2, 0.25) is 5.91 Å². The van der Waals surface area contributed by atoms with E-state index in [1.807, 2.05) is 40.8 Å². The van der Waals surface area contributed by atoms with Gasteiger partial charge < -0.3 is 34.8 Å². The van der Waals surface area contributed by atoms with Gasteiger partial charge in [0.1, 0.15) is 6.54 Å². The number of alkyl halides is 3. The van der Waals surface area contributed by atoms with E-state index in [-0.39, 0.29) is 42.3 Å². The van der Waals surface area contributed by atoms with Crippen LogP contribution in [0, 0.1) is 11.6 Å². The van der Waals surface area contributed by atoms with Crippen molar-refractivity contribution < 1.29 is 56.8 Å². The number of aliphatic hydroxyl groups is 2. The van der Waals surface area contributed by atoms with Gasteiger partial charge in [0.05, 0.1) is 11.1 Å². The average molecular weight is 824 g/mol. The van der Waals surface area contributed by atoms with Gasteiger partial charge in [-0.25, -0.2) is 18.4 Å². The highest BCUT2D eigenvalue weighted by molar-refractivity contribution is 5.84. The molecule has 1 fully saturated rings. The van der Waals surface area contributed by atoms with Crippen LogP contribution in [0.25, 0.3) is 22.0 Å². The molecule has 312 valence electrons. The SMILES string of the molecule is CN1CCC(N(Cc2ccc(-c3ccc(C(F)(F)F)cc3)cc2)C(=O)Cn2c(CCc3cccc(F)c3F)cc(=O)c3ccccc32)CC1.O=C(O)C(O)C(O)C(=O)O. The predicted molar refractivity (Wildman–Crippen MR) is 207 cm³/mol. The number of aromatic nitrogens is 1. The number of fused-ring (bicyclic) bond motifs is 1. The number of para-hydroxylation sites is 1. The molecule has 59 heavy (non-hydrogen) atoms. The number of rotatable bonds is 12. The van der Waals surface area contributed by atoms with E-state index in [1.165, 1.54) is 30.3 Å². The Kier molecular flexibility index (Phi) is 14.4. The molecule has 11 nitrogen and oxygen atoms in total. The molecule has 16 heteroatoms. The van der Waals surface area contributed by atoms with Crippen LogP contribution in [0.1, 0.15) is 35.2 Å². The molecule has 0 spiro atoms. The maximum atomic E-state index is 14.5. The Hall–Kier alpha value is -5.97. The molecular formula is C43H42F5N3O8. The van der Waals surface area contributed by atoms with E-state index in [1.54, 1.807) is 24.3 Å². The van der Waals surface area contributed by atoms with Crippen molar-refractivity contribution in [1.82, 2.24) is 14.4 Å². The third kappa shape index (κ3) is 11.2. The Bertz CT molecular complexity index is 2310. The van der Waals surface area contributed by atoms with Crippen LogP contribution in [-0.4, -0.2) is 91.0 Å². The zero-order chi connectivity index (χ0) is 43.0. The average Bonchev–Trinajstić information content (AvgIpc) is 3.21. The number of carboxylic acid groups (broad SMARTS) is 2. The largest absolute Gasteiger partial charge is 0.479 e. The first kappa shape index (κ1) is 44.1. The summed E-state index contributed by atoms with van der Waals surface area (Å²) < 4.78 is 69.4. The first-order valence-corrected chi connectivity index (χ1v) is 18.5. The zero-order valence-corrected chi connectivity index (χ0v) is 31.8. The molecule has 1 amide bonds. The summed E-state index contributed by atoms with van der Waals surface area (Å²) in [6.45, 7) is 1.92. The molecule has 2 atom stereocenters. The summed E-state index contributed by atoms with van der Waals surface area (Å²) in [5.41, 5.74) is 2.68. The smallest absolute Gasteiger partial charge is 0.416 e. The normalized spacial score (nSPS) is 14.6. The molecule has 1 aliphatic heterocycles. The summed E-state index contributed by atoms with van der Waals surface area (Å²) in [6.07, 6.45) is -7.03. The van der Waals surface area contributed by atoms with Gasteiger partial charge in [-0.05, 0) is 98.4 Å². The van der Waals surface area contributed by atoms with Crippen LogP contribution in [0.4, 0.5) is 22.0 Å². The number of carbonyl (C=O) groups is 3. The number of hydrogen-bond acceptors (Lipinski definition) is 7. The number of amides is 1. The summed E-state index contributed by atoms with van der Waals surface area (Å²) in [7, 11) is 2.04. The molecule has 2 unspecified atom stereocenters. The molecule has 0 saturated carbocycles. The van der Waals surface area contributed by atoms with Crippen LogP contribution < -0.4 is 5.43 Å². The molecule has 5 aromatic rings. The van der Waals surface area contributed by atoms with Crippen molar-refractivity contribution in [2.45, 2.75) is 63.2 Å². The lowest BCUT2D eigenvalue weighted by Crippen LogP contribution is -2.47. The lowest BCUT2D eigenvalue weighted by atomic mass is 10.00. The Morgan fingerprint density at radius 1 is 0.797 bits per heavy atom. The fraction of sp³-hybridized carbons (Fsp3) is 0.302. The Labute approximate surface area is 335 Å². The summed E-state index contributed by atoms with van der Waals surface area (Å²) >= 11 is 0. The van der Waals surface area contributed by atoms with Gasteiger partial charge in [-0.15, -0.1) is 0 Å². The highest BCUT2D eigenvalue weighted by atomic mass is 19.4. The first-order valence-electron chi connectivity index (χ1n) is 18.5. The van der Waals surface area contributed by atoms with Gasteiger partial charge in [-0.3, -0.25) is 9.59 Å². The molecule has 4 aromatic carbocycles.